The first kappa shape index (κ1) is 10.4. The highest BCUT2D eigenvalue weighted by Crippen LogP contribution is 2.29. The summed E-state index contributed by atoms with van der Waals surface area (Å²) in [6, 6.07) is 5.69. The molecular weight excluding hydrogens is 212 g/mol. The Morgan fingerprint density at radius 3 is 2.87 bits per heavy atom. The molecule has 0 fully saturated rings. The van der Waals surface area contributed by atoms with Crippen LogP contribution in [-0.2, 0) is 5.54 Å². The Kier molecular flexibility index (Phi) is 2.42. The molecule has 0 spiro atoms. The molecule has 4 N–H and O–H groups in total. The number of rotatable bonds is 2. The molecule has 0 aliphatic heterocycles. The van der Waals surface area contributed by atoms with Crippen molar-refractivity contribution in [3.63, 3.8) is 0 Å². The molecule has 2 rings (SSSR count). The Hall–Kier alpha value is -1.10. The average Bonchev–Trinajstić information content (AvgIpc) is 2.63. The van der Waals surface area contributed by atoms with E-state index in [4.69, 9.17) is 17.4 Å². The molecule has 0 saturated carbocycles. The van der Waals surface area contributed by atoms with Crippen LogP contribution < -0.4 is 11.3 Å². The number of H-pyrrole nitrogens is 1. The van der Waals surface area contributed by atoms with Crippen molar-refractivity contribution in [1.29, 1.82) is 0 Å². The maximum absolute atomic E-state index is 6.03. The van der Waals surface area contributed by atoms with Gasteiger partial charge in [0.15, 0.2) is 0 Å². The van der Waals surface area contributed by atoms with Crippen LogP contribution in [0.4, 0.5) is 0 Å². The summed E-state index contributed by atoms with van der Waals surface area (Å²) in [6.07, 6.45) is 0. The zero-order valence-corrected chi connectivity index (χ0v) is 9.39. The molecule has 5 heteroatoms. The third-order valence-electron chi connectivity index (χ3n) is 2.52. The summed E-state index contributed by atoms with van der Waals surface area (Å²) in [4.78, 5) is 0. The molecule has 0 saturated heterocycles. The first-order valence-corrected chi connectivity index (χ1v) is 5.05. The number of hydrogen-bond acceptors (Lipinski definition) is 3. The fourth-order valence-electron chi connectivity index (χ4n) is 1.55. The smallest absolute Gasteiger partial charge is 0.111 e. The van der Waals surface area contributed by atoms with Gasteiger partial charge in [0.25, 0.3) is 0 Å². The van der Waals surface area contributed by atoms with Crippen LogP contribution in [0.5, 0.6) is 0 Å². The normalized spacial score (nSPS) is 12.3. The summed E-state index contributed by atoms with van der Waals surface area (Å²) in [6.45, 7) is 3.95. The summed E-state index contributed by atoms with van der Waals surface area (Å²) in [5.41, 5.74) is 4.09. The zero-order valence-electron chi connectivity index (χ0n) is 8.63. The van der Waals surface area contributed by atoms with E-state index in [0.717, 1.165) is 16.6 Å². The Morgan fingerprint density at radius 1 is 1.47 bits per heavy atom. The SMILES string of the molecule is CC(C)(NN)c1[nH]nc2c(Cl)cccc12. The second-order valence-corrected chi connectivity index (χ2v) is 4.41. The van der Waals surface area contributed by atoms with Crippen LogP contribution in [-0.4, -0.2) is 10.2 Å². The number of fused-ring (bicyclic) bond motifs is 1. The summed E-state index contributed by atoms with van der Waals surface area (Å²) in [5.74, 6) is 5.50. The number of nitrogens with one attached hydrogen (secondary N) is 2. The lowest BCUT2D eigenvalue weighted by atomic mass is 9.98. The van der Waals surface area contributed by atoms with Crippen molar-refractivity contribution in [2.75, 3.05) is 0 Å². The van der Waals surface area contributed by atoms with Crippen LogP contribution in [0, 0.1) is 0 Å². The predicted molar refractivity (Wildman–Crippen MR) is 61.5 cm³/mol. The molecule has 0 unspecified atom stereocenters. The number of hydrogen-bond donors (Lipinski definition) is 3. The van der Waals surface area contributed by atoms with Gasteiger partial charge in [0, 0.05) is 5.39 Å². The molecule has 1 heterocycles. The first-order valence-electron chi connectivity index (χ1n) is 4.67. The number of nitrogens with zero attached hydrogens (tertiary/aromatic N) is 1. The van der Waals surface area contributed by atoms with E-state index in [9.17, 15) is 0 Å². The minimum atomic E-state index is -0.362. The molecule has 0 bridgehead atoms. The molecule has 0 aliphatic carbocycles. The van der Waals surface area contributed by atoms with Crippen molar-refractivity contribution < 1.29 is 0 Å². The highest BCUT2D eigenvalue weighted by atomic mass is 35.5. The third-order valence-corrected chi connectivity index (χ3v) is 2.83. The monoisotopic (exact) mass is 224 g/mol. The van der Waals surface area contributed by atoms with Crippen LogP contribution in [0.15, 0.2) is 18.2 Å². The molecule has 0 aliphatic rings. The largest absolute Gasteiger partial charge is 0.279 e. The first-order chi connectivity index (χ1) is 7.06. The fraction of sp³-hybridized carbons (Fsp3) is 0.300. The predicted octanol–water partition coefficient (Wildman–Crippen LogP) is 1.91. The number of aromatic nitrogens is 2. The summed E-state index contributed by atoms with van der Waals surface area (Å²) >= 11 is 6.03. The zero-order chi connectivity index (χ0) is 11.1. The molecule has 1 aromatic heterocycles. The lowest BCUT2D eigenvalue weighted by molar-refractivity contribution is 0.405. The molecular formula is C10H13ClN4. The van der Waals surface area contributed by atoms with Gasteiger partial charge in [0.2, 0.25) is 0 Å². The Labute approximate surface area is 92.8 Å². The van der Waals surface area contributed by atoms with Crippen LogP contribution in [0.1, 0.15) is 19.5 Å². The van der Waals surface area contributed by atoms with E-state index in [1.54, 1.807) is 0 Å². The van der Waals surface area contributed by atoms with Gasteiger partial charge in [0.05, 0.1) is 16.3 Å². The molecule has 4 nitrogen and oxygen atoms in total. The van der Waals surface area contributed by atoms with Gasteiger partial charge < -0.3 is 0 Å². The minimum Gasteiger partial charge on any atom is -0.279 e. The maximum atomic E-state index is 6.03. The van der Waals surface area contributed by atoms with Gasteiger partial charge in [-0.15, -0.1) is 0 Å². The van der Waals surface area contributed by atoms with Crippen molar-refractivity contribution in [3.8, 4) is 0 Å². The van der Waals surface area contributed by atoms with Gasteiger partial charge in [-0.25, -0.2) is 5.43 Å². The third kappa shape index (κ3) is 1.61. The van der Waals surface area contributed by atoms with Crippen LogP contribution >= 0.6 is 11.6 Å². The van der Waals surface area contributed by atoms with Gasteiger partial charge in [-0.05, 0) is 19.9 Å². The Balaban J connectivity index is 2.69. The maximum Gasteiger partial charge on any atom is 0.111 e. The highest BCUT2D eigenvalue weighted by Gasteiger charge is 2.23. The lowest BCUT2D eigenvalue weighted by Gasteiger charge is -2.22. The highest BCUT2D eigenvalue weighted by molar-refractivity contribution is 6.35. The Morgan fingerprint density at radius 2 is 2.20 bits per heavy atom. The number of aromatic amines is 1. The van der Waals surface area contributed by atoms with Gasteiger partial charge >= 0.3 is 0 Å². The summed E-state index contributed by atoms with van der Waals surface area (Å²) in [7, 11) is 0. The van der Waals surface area contributed by atoms with E-state index in [-0.39, 0.29) is 5.54 Å². The molecule has 2 aromatic rings. The summed E-state index contributed by atoms with van der Waals surface area (Å²) < 4.78 is 0. The van der Waals surface area contributed by atoms with E-state index in [0.29, 0.717) is 5.02 Å². The quantitative estimate of drug-likeness (QED) is 0.539. The molecule has 0 amide bonds. The van der Waals surface area contributed by atoms with Gasteiger partial charge in [-0.3, -0.25) is 10.9 Å². The van der Waals surface area contributed by atoms with E-state index in [1.165, 1.54) is 0 Å². The van der Waals surface area contributed by atoms with E-state index >= 15 is 0 Å². The van der Waals surface area contributed by atoms with Crippen molar-refractivity contribution in [2.45, 2.75) is 19.4 Å². The van der Waals surface area contributed by atoms with Crippen molar-refractivity contribution >= 4 is 22.5 Å². The van der Waals surface area contributed by atoms with Crippen LogP contribution in [0.2, 0.25) is 5.02 Å². The lowest BCUT2D eigenvalue weighted by Crippen LogP contribution is -2.42. The van der Waals surface area contributed by atoms with Crippen LogP contribution in [0.25, 0.3) is 10.9 Å². The second kappa shape index (κ2) is 3.48. The number of para-hydroxylation sites is 1. The second-order valence-electron chi connectivity index (χ2n) is 4.00. The topological polar surface area (TPSA) is 66.7 Å². The number of nitrogens with two attached hydrogens (primary N) is 1. The van der Waals surface area contributed by atoms with Crippen molar-refractivity contribution in [1.82, 2.24) is 15.6 Å². The molecule has 15 heavy (non-hydrogen) atoms. The van der Waals surface area contributed by atoms with E-state index < -0.39 is 0 Å². The number of benzene rings is 1. The van der Waals surface area contributed by atoms with Gasteiger partial charge in [-0.2, -0.15) is 5.10 Å². The van der Waals surface area contributed by atoms with Gasteiger partial charge in [0.1, 0.15) is 5.52 Å². The van der Waals surface area contributed by atoms with Crippen LogP contribution in [0.3, 0.4) is 0 Å². The fourth-order valence-corrected chi connectivity index (χ4v) is 1.77. The minimum absolute atomic E-state index is 0.362. The molecule has 0 atom stereocenters. The average molecular weight is 225 g/mol. The van der Waals surface area contributed by atoms with Gasteiger partial charge in [-0.1, -0.05) is 23.7 Å². The molecule has 80 valence electrons. The van der Waals surface area contributed by atoms with E-state index in [1.807, 2.05) is 32.0 Å². The molecule has 0 radical (unpaired) electrons. The molecule has 1 aromatic carbocycles. The van der Waals surface area contributed by atoms with Crippen molar-refractivity contribution in [3.05, 3.63) is 28.9 Å². The van der Waals surface area contributed by atoms with Crippen molar-refractivity contribution in [2.24, 2.45) is 5.84 Å². The Bertz CT molecular complexity index is 489. The number of hydrazine groups is 1. The standard InChI is InChI=1S/C10H13ClN4/c1-10(2,15-12)9-6-4-3-5-7(11)8(6)13-14-9/h3-5,15H,12H2,1-2H3,(H,13,14). The number of halogens is 1. The summed E-state index contributed by atoms with van der Waals surface area (Å²) in [5, 5.41) is 8.78. The van der Waals surface area contributed by atoms with E-state index in [2.05, 4.69) is 15.6 Å².